The van der Waals surface area contributed by atoms with Gasteiger partial charge in [0.05, 0.1) is 11.1 Å². The molecule has 8 heteroatoms. The maximum atomic E-state index is 11.4. The van der Waals surface area contributed by atoms with Gasteiger partial charge in [0.1, 0.15) is 0 Å². The fourth-order valence-electron chi connectivity index (χ4n) is 1.24. The third-order valence-corrected chi connectivity index (χ3v) is 2.98. The van der Waals surface area contributed by atoms with Crippen LogP contribution in [-0.4, -0.2) is 45.9 Å². The smallest absolute Gasteiger partial charge is 0.328 e. The molecule has 0 aliphatic heterocycles. The van der Waals surface area contributed by atoms with Gasteiger partial charge in [0.15, 0.2) is 6.04 Å². The molecule has 0 aliphatic carbocycles. The first-order valence-corrected chi connectivity index (χ1v) is 6.22. The lowest BCUT2D eigenvalue weighted by atomic mass is 10.2. The normalized spacial score (nSPS) is 13.7. The lowest BCUT2D eigenvalue weighted by Crippen LogP contribution is -2.51. The molecule has 18 heavy (non-hydrogen) atoms. The number of carbonyl (C=O) groups excluding carboxylic acids is 1. The van der Waals surface area contributed by atoms with Crippen LogP contribution in [0.2, 0.25) is 0 Å². The highest BCUT2D eigenvalue weighted by molar-refractivity contribution is 7.09. The van der Waals surface area contributed by atoms with Crippen molar-refractivity contribution in [2.75, 3.05) is 6.54 Å². The predicted octanol–water partition coefficient (Wildman–Crippen LogP) is -0.181. The monoisotopic (exact) mass is 273 g/mol. The molecule has 2 unspecified atom stereocenters. The number of aliphatic carboxylic acids is 1. The molecule has 0 fully saturated rings. The van der Waals surface area contributed by atoms with Crippen molar-refractivity contribution in [3.63, 3.8) is 0 Å². The van der Waals surface area contributed by atoms with Crippen LogP contribution in [0.4, 0.5) is 4.79 Å². The summed E-state index contributed by atoms with van der Waals surface area (Å²) in [6.07, 6.45) is 1.10. The molecule has 1 aromatic heterocycles. The molecule has 2 atom stereocenters. The van der Waals surface area contributed by atoms with Crippen LogP contribution < -0.4 is 10.6 Å². The number of carbonyl (C=O) groups is 2. The molecular formula is C10H15N3O4S. The Morgan fingerprint density at radius 1 is 1.56 bits per heavy atom. The third kappa shape index (κ3) is 4.68. The molecule has 1 rings (SSSR count). The fraction of sp³-hybridized carbons (Fsp3) is 0.500. The molecule has 4 N–H and O–H groups in total. The minimum Gasteiger partial charge on any atom is -0.480 e. The number of hydrogen-bond donors (Lipinski definition) is 4. The van der Waals surface area contributed by atoms with E-state index in [0.717, 1.165) is 5.01 Å². The Morgan fingerprint density at radius 2 is 2.28 bits per heavy atom. The molecule has 0 radical (unpaired) electrons. The highest BCUT2D eigenvalue weighted by Gasteiger charge is 2.24. The Hall–Kier alpha value is -1.67. The molecule has 0 spiro atoms. The molecule has 0 aromatic carbocycles. The zero-order valence-electron chi connectivity index (χ0n) is 9.79. The molecule has 1 aromatic rings. The average molecular weight is 273 g/mol. The van der Waals surface area contributed by atoms with Gasteiger partial charge in [-0.25, -0.2) is 14.6 Å². The Bertz CT molecular complexity index is 394. The maximum absolute atomic E-state index is 11.4. The van der Waals surface area contributed by atoms with Crippen LogP contribution in [0.3, 0.4) is 0 Å². The SMILES string of the molecule is CC(O)C(NC(=O)NCCc1nccs1)C(=O)O. The Morgan fingerprint density at radius 3 is 2.78 bits per heavy atom. The van der Waals surface area contributed by atoms with E-state index < -0.39 is 24.1 Å². The van der Waals surface area contributed by atoms with Crippen LogP contribution >= 0.6 is 11.3 Å². The van der Waals surface area contributed by atoms with E-state index in [4.69, 9.17) is 5.11 Å². The molecular weight excluding hydrogens is 258 g/mol. The van der Waals surface area contributed by atoms with Crippen molar-refractivity contribution in [3.05, 3.63) is 16.6 Å². The Balaban J connectivity index is 2.30. The molecule has 0 aliphatic rings. The summed E-state index contributed by atoms with van der Waals surface area (Å²) in [5.74, 6) is -1.28. The Labute approximate surface area is 108 Å². The number of carboxylic acids is 1. The summed E-state index contributed by atoms with van der Waals surface area (Å²) < 4.78 is 0. The first-order chi connectivity index (χ1) is 8.50. The number of hydrogen-bond acceptors (Lipinski definition) is 5. The number of aromatic nitrogens is 1. The highest BCUT2D eigenvalue weighted by atomic mass is 32.1. The van der Waals surface area contributed by atoms with Crippen molar-refractivity contribution < 1.29 is 19.8 Å². The van der Waals surface area contributed by atoms with Gasteiger partial charge < -0.3 is 20.8 Å². The second-order valence-electron chi connectivity index (χ2n) is 3.63. The van der Waals surface area contributed by atoms with Gasteiger partial charge in [0.25, 0.3) is 0 Å². The van der Waals surface area contributed by atoms with Crippen LogP contribution in [0.15, 0.2) is 11.6 Å². The van der Waals surface area contributed by atoms with Gasteiger partial charge >= 0.3 is 12.0 Å². The summed E-state index contributed by atoms with van der Waals surface area (Å²) in [6.45, 7) is 1.65. The second-order valence-corrected chi connectivity index (χ2v) is 4.61. The van der Waals surface area contributed by atoms with E-state index in [2.05, 4.69) is 15.6 Å². The van der Waals surface area contributed by atoms with Gasteiger partial charge in [-0.15, -0.1) is 11.3 Å². The standard InChI is InChI=1S/C10H15N3O4S/c1-6(14)8(9(15)16)13-10(17)12-3-2-7-11-4-5-18-7/h4-6,8,14H,2-3H2,1H3,(H,15,16)(H2,12,13,17). The van der Waals surface area contributed by atoms with E-state index in [9.17, 15) is 14.7 Å². The minimum absolute atomic E-state index is 0.353. The largest absolute Gasteiger partial charge is 0.480 e. The van der Waals surface area contributed by atoms with Gasteiger partial charge in [-0.2, -0.15) is 0 Å². The molecule has 0 saturated carbocycles. The average Bonchev–Trinajstić information content (AvgIpc) is 2.78. The number of amides is 2. The zero-order valence-corrected chi connectivity index (χ0v) is 10.6. The lowest BCUT2D eigenvalue weighted by molar-refractivity contribution is -0.141. The molecule has 2 amide bonds. The summed E-state index contributed by atoms with van der Waals surface area (Å²) in [7, 11) is 0. The number of thiazole rings is 1. The van der Waals surface area contributed by atoms with Gasteiger partial charge in [-0.1, -0.05) is 0 Å². The van der Waals surface area contributed by atoms with E-state index in [1.54, 1.807) is 6.20 Å². The number of nitrogens with one attached hydrogen (secondary N) is 2. The minimum atomic E-state index is -1.31. The number of urea groups is 1. The lowest BCUT2D eigenvalue weighted by Gasteiger charge is -2.17. The van der Waals surface area contributed by atoms with E-state index in [-0.39, 0.29) is 0 Å². The van der Waals surface area contributed by atoms with Crippen molar-refractivity contribution in [3.8, 4) is 0 Å². The van der Waals surface area contributed by atoms with Crippen molar-refractivity contribution in [2.45, 2.75) is 25.5 Å². The van der Waals surface area contributed by atoms with Crippen LogP contribution in [0, 0.1) is 0 Å². The van der Waals surface area contributed by atoms with Crippen molar-refractivity contribution in [1.82, 2.24) is 15.6 Å². The topological polar surface area (TPSA) is 112 Å². The molecule has 7 nitrogen and oxygen atoms in total. The zero-order chi connectivity index (χ0) is 13.5. The number of rotatable bonds is 6. The van der Waals surface area contributed by atoms with Crippen molar-refractivity contribution in [1.29, 1.82) is 0 Å². The van der Waals surface area contributed by atoms with E-state index in [0.29, 0.717) is 13.0 Å². The van der Waals surface area contributed by atoms with E-state index >= 15 is 0 Å². The van der Waals surface area contributed by atoms with Gasteiger partial charge in [0.2, 0.25) is 0 Å². The van der Waals surface area contributed by atoms with Crippen LogP contribution in [0.25, 0.3) is 0 Å². The van der Waals surface area contributed by atoms with Crippen molar-refractivity contribution >= 4 is 23.3 Å². The molecule has 0 saturated heterocycles. The van der Waals surface area contributed by atoms with Gasteiger partial charge in [-0.05, 0) is 6.92 Å². The van der Waals surface area contributed by atoms with E-state index in [1.807, 2.05) is 5.38 Å². The first-order valence-electron chi connectivity index (χ1n) is 5.34. The maximum Gasteiger partial charge on any atom is 0.328 e. The van der Waals surface area contributed by atoms with Crippen molar-refractivity contribution in [2.24, 2.45) is 0 Å². The predicted molar refractivity (Wildman–Crippen MR) is 65.5 cm³/mol. The number of carboxylic acid groups (broad SMARTS) is 1. The summed E-state index contributed by atoms with van der Waals surface area (Å²) >= 11 is 1.48. The number of aliphatic hydroxyl groups excluding tert-OH is 1. The Kier molecular flexibility index (Phi) is 5.53. The van der Waals surface area contributed by atoms with Gasteiger partial charge in [-0.3, -0.25) is 0 Å². The van der Waals surface area contributed by atoms with E-state index in [1.165, 1.54) is 18.3 Å². The van der Waals surface area contributed by atoms with Crippen LogP contribution in [-0.2, 0) is 11.2 Å². The second kappa shape index (κ2) is 6.92. The first kappa shape index (κ1) is 14.4. The van der Waals surface area contributed by atoms with Crippen LogP contribution in [0.5, 0.6) is 0 Å². The summed E-state index contributed by atoms with van der Waals surface area (Å²) in [6, 6.07) is -1.94. The third-order valence-electron chi connectivity index (χ3n) is 2.14. The number of aliphatic hydroxyl groups is 1. The van der Waals surface area contributed by atoms with Crippen LogP contribution in [0.1, 0.15) is 11.9 Å². The molecule has 0 bridgehead atoms. The quantitative estimate of drug-likeness (QED) is 0.574. The summed E-state index contributed by atoms with van der Waals surface area (Å²) in [5.41, 5.74) is 0. The number of nitrogens with zero attached hydrogens (tertiary/aromatic N) is 1. The highest BCUT2D eigenvalue weighted by Crippen LogP contribution is 2.03. The summed E-state index contributed by atoms with van der Waals surface area (Å²) in [4.78, 5) is 26.1. The summed E-state index contributed by atoms with van der Waals surface area (Å²) in [5, 5.41) is 25.3. The fourth-order valence-corrected chi connectivity index (χ4v) is 1.86. The molecule has 1 heterocycles. The van der Waals surface area contributed by atoms with Gasteiger partial charge in [0, 0.05) is 24.5 Å². The molecule has 100 valence electrons.